The highest BCUT2D eigenvalue weighted by Gasteiger charge is 2.27. The van der Waals surface area contributed by atoms with Gasteiger partial charge in [0.05, 0.1) is 5.69 Å². The van der Waals surface area contributed by atoms with Crippen LogP contribution in [0, 0.1) is 12.8 Å². The van der Waals surface area contributed by atoms with Crippen molar-refractivity contribution in [2.45, 2.75) is 39.5 Å². The number of piperidine rings is 1. The second kappa shape index (κ2) is 7.42. The Morgan fingerprint density at radius 2 is 1.89 bits per heavy atom. The summed E-state index contributed by atoms with van der Waals surface area (Å²) in [7, 11) is 0. The molecule has 0 aliphatic carbocycles. The number of aryl methyl sites for hydroxylation is 2. The predicted molar refractivity (Wildman–Crippen MR) is 101 cm³/mol. The summed E-state index contributed by atoms with van der Waals surface area (Å²) in [4.78, 5) is 19.2. The Kier molecular flexibility index (Phi) is 4.83. The lowest BCUT2D eigenvalue weighted by atomic mass is 9.90. The molecule has 1 fully saturated rings. The smallest absolute Gasteiger partial charge is 0.276 e. The second-order valence-corrected chi connectivity index (χ2v) is 7.15. The molecule has 0 bridgehead atoms. The summed E-state index contributed by atoms with van der Waals surface area (Å²) in [6.07, 6.45) is 3.82. The van der Waals surface area contributed by atoms with Gasteiger partial charge in [0, 0.05) is 19.5 Å². The molecule has 140 valence electrons. The van der Waals surface area contributed by atoms with Gasteiger partial charge in [0.15, 0.2) is 11.5 Å². The lowest BCUT2D eigenvalue weighted by Gasteiger charge is -2.32. The SMILES string of the molecule is CCc1nc2nnc(C(=O)N3CCC(Cc4ccccc4)CC3)c(C)n2n1. The number of nitrogens with zero attached hydrogens (tertiary/aromatic N) is 6. The van der Waals surface area contributed by atoms with Crippen LogP contribution in [0.2, 0.25) is 0 Å². The molecule has 7 heteroatoms. The fourth-order valence-electron chi connectivity index (χ4n) is 3.69. The number of rotatable bonds is 4. The van der Waals surface area contributed by atoms with Crippen molar-refractivity contribution in [3.8, 4) is 0 Å². The third-order valence-electron chi connectivity index (χ3n) is 5.32. The van der Waals surface area contributed by atoms with Gasteiger partial charge in [-0.25, -0.2) is 0 Å². The van der Waals surface area contributed by atoms with Gasteiger partial charge in [-0.2, -0.15) is 9.50 Å². The minimum atomic E-state index is -0.0615. The quantitative estimate of drug-likeness (QED) is 0.711. The van der Waals surface area contributed by atoms with Crippen molar-refractivity contribution < 1.29 is 4.79 Å². The van der Waals surface area contributed by atoms with E-state index in [1.54, 1.807) is 4.52 Å². The minimum absolute atomic E-state index is 0.0615. The Morgan fingerprint density at radius 1 is 1.15 bits per heavy atom. The molecule has 0 atom stereocenters. The zero-order chi connectivity index (χ0) is 18.8. The van der Waals surface area contributed by atoms with Crippen LogP contribution in [0.25, 0.3) is 5.78 Å². The number of hydrogen-bond acceptors (Lipinski definition) is 5. The Hall–Kier alpha value is -2.83. The lowest BCUT2D eigenvalue weighted by Crippen LogP contribution is -2.40. The van der Waals surface area contributed by atoms with Gasteiger partial charge in [0.25, 0.3) is 11.7 Å². The van der Waals surface area contributed by atoms with Crippen LogP contribution in [0.15, 0.2) is 30.3 Å². The largest absolute Gasteiger partial charge is 0.337 e. The van der Waals surface area contributed by atoms with Gasteiger partial charge in [0.1, 0.15) is 0 Å². The van der Waals surface area contributed by atoms with Gasteiger partial charge in [0.2, 0.25) is 0 Å². The van der Waals surface area contributed by atoms with E-state index in [2.05, 4.69) is 44.5 Å². The molecule has 4 rings (SSSR count). The van der Waals surface area contributed by atoms with Crippen LogP contribution in [0.5, 0.6) is 0 Å². The molecule has 1 aliphatic heterocycles. The Morgan fingerprint density at radius 3 is 2.59 bits per heavy atom. The number of hydrogen-bond donors (Lipinski definition) is 0. The first kappa shape index (κ1) is 17.6. The number of amides is 1. The number of fused-ring (bicyclic) bond motifs is 1. The average molecular weight is 364 g/mol. The lowest BCUT2D eigenvalue weighted by molar-refractivity contribution is 0.0681. The van der Waals surface area contributed by atoms with E-state index in [-0.39, 0.29) is 5.91 Å². The summed E-state index contributed by atoms with van der Waals surface area (Å²) >= 11 is 0. The van der Waals surface area contributed by atoms with E-state index in [0.29, 0.717) is 28.9 Å². The van der Waals surface area contributed by atoms with E-state index in [4.69, 9.17) is 0 Å². The van der Waals surface area contributed by atoms with Crippen LogP contribution in [0.1, 0.15) is 47.3 Å². The van der Waals surface area contributed by atoms with Crippen molar-refractivity contribution in [3.63, 3.8) is 0 Å². The molecule has 0 N–H and O–H groups in total. The monoisotopic (exact) mass is 364 g/mol. The molecule has 3 aromatic rings. The summed E-state index contributed by atoms with van der Waals surface area (Å²) in [6.45, 7) is 5.36. The molecule has 0 spiro atoms. The maximum absolute atomic E-state index is 13.0. The van der Waals surface area contributed by atoms with Gasteiger partial charge >= 0.3 is 0 Å². The van der Waals surface area contributed by atoms with Crippen LogP contribution in [0.3, 0.4) is 0 Å². The number of aromatic nitrogens is 5. The molecule has 2 aromatic heterocycles. The molecular weight excluding hydrogens is 340 g/mol. The number of carbonyl (C=O) groups is 1. The molecule has 27 heavy (non-hydrogen) atoms. The maximum Gasteiger partial charge on any atom is 0.276 e. The summed E-state index contributed by atoms with van der Waals surface area (Å²) in [6, 6.07) is 10.6. The van der Waals surface area contributed by atoms with E-state index < -0.39 is 0 Å². The zero-order valence-electron chi connectivity index (χ0n) is 15.8. The van der Waals surface area contributed by atoms with E-state index in [1.807, 2.05) is 24.8 Å². The average Bonchev–Trinajstić information content (AvgIpc) is 3.14. The third kappa shape index (κ3) is 3.54. The third-order valence-corrected chi connectivity index (χ3v) is 5.32. The topological polar surface area (TPSA) is 76.3 Å². The van der Waals surface area contributed by atoms with E-state index >= 15 is 0 Å². The van der Waals surface area contributed by atoms with Crippen molar-refractivity contribution in [1.82, 2.24) is 29.7 Å². The summed E-state index contributed by atoms with van der Waals surface area (Å²) in [5, 5.41) is 12.7. The van der Waals surface area contributed by atoms with Crippen molar-refractivity contribution in [1.29, 1.82) is 0 Å². The Balaban J connectivity index is 1.45. The molecule has 0 unspecified atom stereocenters. The number of carbonyl (C=O) groups excluding carboxylic acids is 1. The fourth-order valence-corrected chi connectivity index (χ4v) is 3.69. The summed E-state index contributed by atoms with van der Waals surface area (Å²) in [5.74, 6) is 1.71. The number of likely N-dealkylation sites (tertiary alicyclic amines) is 1. The fraction of sp³-hybridized carbons (Fsp3) is 0.450. The highest BCUT2D eigenvalue weighted by molar-refractivity contribution is 5.93. The van der Waals surface area contributed by atoms with Crippen LogP contribution in [0.4, 0.5) is 0 Å². The van der Waals surface area contributed by atoms with Crippen LogP contribution in [-0.4, -0.2) is 48.7 Å². The van der Waals surface area contributed by atoms with Crippen LogP contribution >= 0.6 is 0 Å². The van der Waals surface area contributed by atoms with Crippen LogP contribution in [-0.2, 0) is 12.8 Å². The standard InChI is InChI=1S/C20H24N6O/c1-3-17-21-20-23-22-18(14(2)26(20)24-17)19(27)25-11-9-16(10-12-25)13-15-7-5-4-6-8-15/h4-8,16H,3,9-13H2,1-2H3. The van der Waals surface area contributed by atoms with Crippen molar-refractivity contribution >= 4 is 11.7 Å². The first-order valence-electron chi connectivity index (χ1n) is 9.58. The molecule has 1 saturated heterocycles. The maximum atomic E-state index is 13.0. The molecule has 0 saturated carbocycles. The van der Waals surface area contributed by atoms with E-state index in [0.717, 1.165) is 38.8 Å². The first-order chi connectivity index (χ1) is 13.2. The van der Waals surface area contributed by atoms with E-state index in [1.165, 1.54) is 5.56 Å². The Labute approximate surface area is 158 Å². The van der Waals surface area contributed by atoms with E-state index in [9.17, 15) is 4.79 Å². The van der Waals surface area contributed by atoms with Crippen molar-refractivity contribution in [3.05, 3.63) is 53.1 Å². The molecule has 0 radical (unpaired) electrons. The van der Waals surface area contributed by atoms with Gasteiger partial charge in [-0.3, -0.25) is 4.79 Å². The highest BCUT2D eigenvalue weighted by Crippen LogP contribution is 2.23. The van der Waals surface area contributed by atoms with Gasteiger partial charge < -0.3 is 4.90 Å². The molecule has 1 aromatic carbocycles. The zero-order valence-corrected chi connectivity index (χ0v) is 15.8. The first-order valence-corrected chi connectivity index (χ1v) is 9.58. The predicted octanol–water partition coefficient (Wildman–Crippen LogP) is 2.49. The Bertz CT molecular complexity index is 944. The normalized spacial score (nSPS) is 15.4. The molecule has 7 nitrogen and oxygen atoms in total. The van der Waals surface area contributed by atoms with Crippen molar-refractivity contribution in [2.24, 2.45) is 5.92 Å². The highest BCUT2D eigenvalue weighted by atomic mass is 16.2. The number of benzene rings is 1. The summed E-state index contributed by atoms with van der Waals surface area (Å²) < 4.78 is 1.63. The summed E-state index contributed by atoms with van der Waals surface area (Å²) in [5.41, 5.74) is 2.44. The molecular formula is C20H24N6O. The minimum Gasteiger partial charge on any atom is -0.337 e. The molecule has 3 heterocycles. The van der Waals surface area contributed by atoms with Crippen molar-refractivity contribution in [2.75, 3.05) is 13.1 Å². The van der Waals surface area contributed by atoms with Gasteiger partial charge in [-0.05, 0) is 37.7 Å². The molecule has 1 amide bonds. The van der Waals surface area contributed by atoms with Gasteiger partial charge in [-0.1, -0.05) is 37.3 Å². The second-order valence-electron chi connectivity index (χ2n) is 7.15. The van der Waals surface area contributed by atoms with Crippen LogP contribution < -0.4 is 0 Å². The van der Waals surface area contributed by atoms with Gasteiger partial charge in [-0.15, -0.1) is 15.3 Å². The molecule has 1 aliphatic rings.